The fraction of sp³-hybridized carbons (Fsp3) is 0.429. The number of amides is 2. The van der Waals surface area contributed by atoms with E-state index in [1.54, 1.807) is 23.6 Å². The fourth-order valence-corrected chi connectivity index (χ4v) is 2.24. The van der Waals surface area contributed by atoms with Gasteiger partial charge < -0.3 is 9.84 Å². The van der Waals surface area contributed by atoms with Crippen LogP contribution >= 0.6 is 0 Å². The fourth-order valence-electron chi connectivity index (χ4n) is 2.24. The van der Waals surface area contributed by atoms with Gasteiger partial charge in [-0.1, -0.05) is 12.1 Å². The molecule has 2 rings (SSSR count). The molecule has 0 aliphatic carbocycles. The smallest absolute Gasteiger partial charge is 0.431 e. The quantitative estimate of drug-likeness (QED) is 0.740. The Kier molecular flexibility index (Phi) is 5.32. The van der Waals surface area contributed by atoms with Crippen molar-refractivity contribution in [2.24, 2.45) is 0 Å². The molecule has 1 aliphatic rings. The number of carbonyl (C=O) groups is 2. The Labute approximate surface area is 131 Å². The Bertz CT molecular complexity index is 573. The van der Waals surface area contributed by atoms with Crippen LogP contribution in [-0.2, 0) is 6.54 Å². The maximum atomic E-state index is 13.1. The third-order valence-electron chi connectivity index (χ3n) is 3.37. The molecule has 1 aromatic carbocycles. The lowest BCUT2D eigenvalue weighted by atomic mass is 10.1. The normalized spacial score (nSPS) is 17.3. The first-order chi connectivity index (χ1) is 10.8. The van der Waals surface area contributed by atoms with E-state index in [-0.39, 0.29) is 18.6 Å². The predicted molar refractivity (Wildman–Crippen MR) is 76.2 cm³/mol. The average Bonchev–Trinajstić information content (AvgIpc) is 2.48. The molecule has 1 aromatic rings. The summed E-state index contributed by atoms with van der Waals surface area (Å²) >= 11 is 0. The molecule has 9 heteroatoms. The highest BCUT2D eigenvalue weighted by Gasteiger charge is 2.33. The lowest BCUT2D eigenvalue weighted by molar-refractivity contribution is -0.0566. The van der Waals surface area contributed by atoms with E-state index in [1.807, 2.05) is 10.3 Å². The van der Waals surface area contributed by atoms with Crippen molar-refractivity contribution in [2.45, 2.75) is 25.3 Å². The summed E-state index contributed by atoms with van der Waals surface area (Å²) in [6, 6.07) is 6.61. The molecule has 2 amide bonds. The molecule has 0 atom stereocenters. The van der Waals surface area contributed by atoms with Gasteiger partial charge in [0.15, 0.2) is 0 Å². The molecular weight excluding hydrogens is 312 g/mol. The summed E-state index contributed by atoms with van der Waals surface area (Å²) in [7, 11) is 0. The molecule has 0 radical (unpaired) electrons. The zero-order chi connectivity index (χ0) is 16.9. The summed E-state index contributed by atoms with van der Waals surface area (Å²) in [4.78, 5) is 23.5. The molecule has 0 spiro atoms. The molecule has 0 aromatic heterocycles. The Morgan fingerprint density at radius 1 is 1.26 bits per heavy atom. The highest BCUT2D eigenvalue weighted by molar-refractivity contribution is 5.74. The van der Waals surface area contributed by atoms with E-state index in [2.05, 4.69) is 0 Å². The Morgan fingerprint density at radius 3 is 2.61 bits per heavy atom. The van der Waals surface area contributed by atoms with Crippen LogP contribution in [0.1, 0.15) is 18.4 Å². The predicted octanol–water partition coefficient (Wildman–Crippen LogP) is 2.19. The van der Waals surface area contributed by atoms with Crippen molar-refractivity contribution in [3.05, 3.63) is 29.8 Å². The number of hydrogen-bond acceptors (Lipinski definition) is 4. The summed E-state index contributed by atoms with van der Waals surface area (Å²) in [6.45, 7) is 1.09. The first-order valence-electron chi connectivity index (χ1n) is 7.00. The topological polar surface area (TPSA) is 90.9 Å². The number of carbonyl (C=O) groups excluding carboxylic acids is 1. The standard InChI is InChI=1S/C14H17F2N3O4/c15-14(16)4-6-19(7-5-14)9-10-2-1-3-11(8-10)23-13(22)18-17-12(20)21/h1-3,8,17H,4-7,9H2,(H,18,22)(H,20,21). The van der Waals surface area contributed by atoms with E-state index in [1.165, 1.54) is 6.07 Å². The number of carboxylic acid groups (broad SMARTS) is 1. The number of alkyl halides is 2. The van der Waals surface area contributed by atoms with Crippen molar-refractivity contribution in [3.63, 3.8) is 0 Å². The molecule has 0 bridgehead atoms. The number of nitrogens with one attached hydrogen (secondary N) is 2. The number of nitrogens with zero attached hydrogens (tertiary/aromatic N) is 1. The highest BCUT2D eigenvalue weighted by atomic mass is 19.3. The summed E-state index contributed by atoms with van der Waals surface area (Å²) in [5.74, 6) is -2.36. The number of benzene rings is 1. The van der Waals surface area contributed by atoms with Crippen molar-refractivity contribution in [1.82, 2.24) is 15.8 Å². The van der Waals surface area contributed by atoms with Gasteiger partial charge in [-0.15, -0.1) is 0 Å². The molecule has 3 N–H and O–H groups in total. The van der Waals surface area contributed by atoms with Crippen LogP contribution in [0.5, 0.6) is 5.75 Å². The largest absolute Gasteiger partial charge is 0.464 e. The summed E-state index contributed by atoms with van der Waals surface area (Å²) in [5.41, 5.74) is 4.31. The van der Waals surface area contributed by atoms with E-state index >= 15 is 0 Å². The van der Waals surface area contributed by atoms with Crippen LogP contribution in [0.25, 0.3) is 0 Å². The molecule has 1 heterocycles. The summed E-state index contributed by atoms with van der Waals surface area (Å²) in [6.07, 6.45) is -2.71. The molecule has 1 saturated heterocycles. The Balaban J connectivity index is 1.87. The molecule has 23 heavy (non-hydrogen) atoms. The van der Waals surface area contributed by atoms with Crippen molar-refractivity contribution in [1.29, 1.82) is 0 Å². The molecule has 7 nitrogen and oxygen atoms in total. The van der Waals surface area contributed by atoms with Crippen LogP contribution < -0.4 is 15.6 Å². The Hall–Kier alpha value is -2.42. The molecule has 1 fully saturated rings. The second kappa shape index (κ2) is 7.23. The van der Waals surface area contributed by atoms with Crippen molar-refractivity contribution in [3.8, 4) is 5.75 Å². The minimum absolute atomic E-state index is 0.160. The maximum Gasteiger partial charge on any atom is 0.431 e. The van der Waals surface area contributed by atoms with Gasteiger partial charge >= 0.3 is 12.2 Å². The third kappa shape index (κ3) is 5.70. The van der Waals surface area contributed by atoms with Crippen LogP contribution in [0.4, 0.5) is 18.4 Å². The number of hydrazine groups is 1. The minimum atomic E-state index is -2.59. The zero-order valence-electron chi connectivity index (χ0n) is 12.2. The van der Waals surface area contributed by atoms with E-state index in [0.717, 1.165) is 5.56 Å². The minimum Gasteiger partial charge on any atom is -0.464 e. The van der Waals surface area contributed by atoms with Gasteiger partial charge in [0, 0.05) is 32.5 Å². The number of hydrogen-bond donors (Lipinski definition) is 3. The van der Waals surface area contributed by atoms with Gasteiger partial charge in [0.25, 0.3) is 5.92 Å². The van der Waals surface area contributed by atoms with Gasteiger partial charge in [-0.25, -0.2) is 29.2 Å². The summed E-state index contributed by atoms with van der Waals surface area (Å²) < 4.78 is 31.1. The number of rotatable bonds is 3. The van der Waals surface area contributed by atoms with Crippen molar-refractivity contribution in [2.75, 3.05) is 13.1 Å². The van der Waals surface area contributed by atoms with Gasteiger partial charge in [0.1, 0.15) is 5.75 Å². The Morgan fingerprint density at radius 2 is 1.96 bits per heavy atom. The summed E-state index contributed by atoms with van der Waals surface area (Å²) in [5, 5.41) is 8.35. The van der Waals surface area contributed by atoms with Crippen LogP contribution in [0.15, 0.2) is 24.3 Å². The van der Waals surface area contributed by atoms with Gasteiger partial charge in [-0.2, -0.15) is 0 Å². The van der Waals surface area contributed by atoms with E-state index < -0.39 is 18.1 Å². The number of piperidine rings is 1. The second-order valence-electron chi connectivity index (χ2n) is 5.22. The first-order valence-corrected chi connectivity index (χ1v) is 7.00. The van der Waals surface area contributed by atoms with E-state index in [0.29, 0.717) is 19.6 Å². The van der Waals surface area contributed by atoms with Crippen molar-refractivity contribution < 1.29 is 28.2 Å². The highest BCUT2D eigenvalue weighted by Crippen LogP contribution is 2.28. The van der Waals surface area contributed by atoms with Crippen LogP contribution in [0.2, 0.25) is 0 Å². The second-order valence-corrected chi connectivity index (χ2v) is 5.22. The van der Waals surface area contributed by atoms with Crippen LogP contribution in [-0.4, -0.2) is 41.2 Å². The maximum absolute atomic E-state index is 13.1. The first kappa shape index (κ1) is 16.9. The van der Waals surface area contributed by atoms with E-state index in [9.17, 15) is 18.4 Å². The average molecular weight is 329 g/mol. The molecular formula is C14H17F2N3O4. The van der Waals surface area contributed by atoms with Crippen LogP contribution in [0.3, 0.4) is 0 Å². The van der Waals surface area contributed by atoms with Gasteiger partial charge in [-0.05, 0) is 17.7 Å². The van der Waals surface area contributed by atoms with E-state index in [4.69, 9.17) is 9.84 Å². The number of likely N-dealkylation sites (tertiary alicyclic amines) is 1. The number of halogens is 2. The molecule has 126 valence electrons. The number of ether oxygens (including phenoxy) is 1. The lowest BCUT2D eigenvalue weighted by Crippen LogP contribution is -2.42. The molecule has 0 saturated carbocycles. The van der Waals surface area contributed by atoms with Crippen LogP contribution in [0, 0.1) is 0 Å². The molecule has 0 unspecified atom stereocenters. The van der Waals surface area contributed by atoms with Gasteiger partial charge in [0.2, 0.25) is 0 Å². The SMILES string of the molecule is O=C(O)NNC(=O)Oc1cccc(CN2CCC(F)(F)CC2)c1. The monoisotopic (exact) mass is 329 g/mol. The molecule has 1 aliphatic heterocycles. The third-order valence-corrected chi connectivity index (χ3v) is 3.37. The van der Waals surface area contributed by atoms with Crippen molar-refractivity contribution >= 4 is 12.2 Å². The zero-order valence-corrected chi connectivity index (χ0v) is 12.2. The van der Waals surface area contributed by atoms with Gasteiger partial charge in [0.05, 0.1) is 0 Å². The lowest BCUT2D eigenvalue weighted by Gasteiger charge is -2.31. The van der Waals surface area contributed by atoms with Gasteiger partial charge in [-0.3, -0.25) is 4.90 Å².